The van der Waals surface area contributed by atoms with Gasteiger partial charge in [-0.2, -0.15) is 0 Å². The maximum absolute atomic E-state index is 5.95. The zero-order valence-corrected chi connectivity index (χ0v) is 9.32. The van der Waals surface area contributed by atoms with Crippen molar-refractivity contribution in [3.8, 4) is 5.75 Å². The van der Waals surface area contributed by atoms with E-state index in [9.17, 15) is 0 Å². The van der Waals surface area contributed by atoms with Crippen molar-refractivity contribution in [2.75, 3.05) is 7.11 Å². The Hall–Kier alpha value is -1.48. The third-order valence-corrected chi connectivity index (χ3v) is 2.72. The Bertz CT molecular complexity index is 486. The molecule has 0 aliphatic rings. The van der Waals surface area contributed by atoms with E-state index in [0.29, 0.717) is 0 Å². The largest absolute Gasteiger partial charge is 0.496 e. The summed E-state index contributed by atoms with van der Waals surface area (Å²) in [6.07, 6.45) is 2.07. The van der Waals surface area contributed by atoms with Gasteiger partial charge in [-0.15, -0.1) is 0 Å². The summed E-state index contributed by atoms with van der Waals surface area (Å²) in [4.78, 5) is 0. The lowest BCUT2D eigenvalue weighted by molar-refractivity contribution is 0.419. The van der Waals surface area contributed by atoms with Crippen LogP contribution in [0.4, 0.5) is 0 Å². The van der Waals surface area contributed by atoms with Crippen LogP contribution in [0.15, 0.2) is 24.4 Å². The summed E-state index contributed by atoms with van der Waals surface area (Å²) in [5.41, 5.74) is 8.23. The van der Waals surface area contributed by atoms with Gasteiger partial charge in [0, 0.05) is 24.7 Å². The van der Waals surface area contributed by atoms with Crippen molar-refractivity contribution in [2.24, 2.45) is 12.8 Å². The van der Waals surface area contributed by atoms with Crippen LogP contribution in [0.2, 0.25) is 0 Å². The molecule has 0 aliphatic carbocycles. The first-order chi connectivity index (χ1) is 7.15. The van der Waals surface area contributed by atoms with Gasteiger partial charge in [-0.3, -0.25) is 0 Å². The maximum atomic E-state index is 5.95. The van der Waals surface area contributed by atoms with Crippen molar-refractivity contribution >= 4 is 10.9 Å². The SMILES string of the molecule is COc1cccc2c1c([C@H](C)N)cn2C. The summed E-state index contributed by atoms with van der Waals surface area (Å²) >= 11 is 0. The van der Waals surface area contributed by atoms with Gasteiger partial charge in [0.2, 0.25) is 0 Å². The van der Waals surface area contributed by atoms with Gasteiger partial charge in [-0.05, 0) is 24.6 Å². The predicted molar refractivity (Wildman–Crippen MR) is 62.1 cm³/mol. The first kappa shape index (κ1) is 10.1. The number of fused-ring (bicyclic) bond motifs is 1. The molecule has 0 amide bonds. The topological polar surface area (TPSA) is 40.2 Å². The molecule has 3 heteroatoms. The van der Waals surface area contributed by atoms with Gasteiger partial charge in [-0.1, -0.05) is 6.07 Å². The van der Waals surface area contributed by atoms with Gasteiger partial charge in [0.1, 0.15) is 5.75 Å². The fraction of sp³-hybridized carbons (Fsp3) is 0.333. The normalized spacial score (nSPS) is 13.1. The quantitative estimate of drug-likeness (QED) is 0.814. The van der Waals surface area contributed by atoms with E-state index in [1.807, 2.05) is 26.1 Å². The number of hydrogen-bond acceptors (Lipinski definition) is 2. The summed E-state index contributed by atoms with van der Waals surface area (Å²) in [5, 5.41) is 1.12. The lowest BCUT2D eigenvalue weighted by Gasteiger charge is -2.06. The molecule has 0 radical (unpaired) electrons. The van der Waals surface area contributed by atoms with Gasteiger partial charge in [0.25, 0.3) is 0 Å². The number of benzene rings is 1. The van der Waals surface area contributed by atoms with E-state index in [2.05, 4.69) is 16.8 Å². The molecule has 0 unspecified atom stereocenters. The smallest absolute Gasteiger partial charge is 0.128 e. The molecule has 1 heterocycles. The molecule has 2 rings (SSSR count). The van der Waals surface area contributed by atoms with E-state index < -0.39 is 0 Å². The van der Waals surface area contributed by atoms with Crippen molar-refractivity contribution < 1.29 is 4.74 Å². The molecule has 1 aromatic carbocycles. The Morgan fingerprint density at radius 3 is 2.73 bits per heavy atom. The second-order valence-corrected chi connectivity index (χ2v) is 3.84. The van der Waals surface area contributed by atoms with Crippen LogP contribution in [0, 0.1) is 0 Å². The fourth-order valence-corrected chi connectivity index (χ4v) is 1.96. The minimum atomic E-state index is 0.0185. The number of methoxy groups -OCH3 is 1. The Kier molecular flexibility index (Phi) is 2.40. The third kappa shape index (κ3) is 1.49. The van der Waals surface area contributed by atoms with Crippen molar-refractivity contribution in [3.05, 3.63) is 30.0 Å². The molecule has 0 saturated heterocycles. The van der Waals surface area contributed by atoms with Crippen LogP contribution in [-0.4, -0.2) is 11.7 Å². The average Bonchev–Trinajstić information content (AvgIpc) is 2.56. The van der Waals surface area contributed by atoms with E-state index in [4.69, 9.17) is 10.5 Å². The Balaban J connectivity index is 2.82. The molecule has 0 bridgehead atoms. The van der Waals surface area contributed by atoms with Crippen molar-refractivity contribution in [1.82, 2.24) is 4.57 Å². The molecular formula is C12H16N2O. The molecule has 0 aliphatic heterocycles. The molecule has 0 saturated carbocycles. The van der Waals surface area contributed by atoms with Crippen LogP contribution in [-0.2, 0) is 7.05 Å². The first-order valence-corrected chi connectivity index (χ1v) is 5.02. The lowest BCUT2D eigenvalue weighted by Crippen LogP contribution is -2.04. The van der Waals surface area contributed by atoms with Crippen LogP contribution < -0.4 is 10.5 Å². The minimum Gasteiger partial charge on any atom is -0.496 e. The van der Waals surface area contributed by atoms with Crippen molar-refractivity contribution in [3.63, 3.8) is 0 Å². The number of aromatic nitrogens is 1. The summed E-state index contributed by atoms with van der Waals surface area (Å²) in [6.45, 7) is 1.99. The third-order valence-electron chi connectivity index (χ3n) is 2.72. The molecule has 1 atom stereocenters. The Morgan fingerprint density at radius 2 is 2.13 bits per heavy atom. The molecule has 3 nitrogen and oxygen atoms in total. The monoisotopic (exact) mass is 204 g/mol. The van der Waals surface area contributed by atoms with Gasteiger partial charge in [0.05, 0.1) is 12.6 Å². The highest BCUT2D eigenvalue weighted by Crippen LogP contribution is 2.32. The van der Waals surface area contributed by atoms with Crippen LogP contribution >= 0.6 is 0 Å². The standard InChI is InChI=1S/C12H16N2O/c1-8(13)9-7-14(2)10-5-4-6-11(15-3)12(9)10/h4-8H,13H2,1-3H3/t8-/m0/s1. The molecule has 80 valence electrons. The molecule has 0 fully saturated rings. The molecule has 15 heavy (non-hydrogen) atoms. The second kappa shape index (κ2) is 3.59. The number of ether oxygens (including phenoxy) is 1. The highest BCUT2D eigenvalue weighted by molar-refractivity contribution is 5.90. The second-order valence-electron chi connectivity index (χ2n) is 3.84. The first-order valence-electron chi connectivity index (χ1n) is 5.02. The average molecular weight is 204 g/mol. The van der Waals surface area contributed by atoms with Gasteiger partial charge in [-0.25, -0.2) is 0 Å². The summed E-state index contributed by atoms with van der Waals surface area (Å²) in [5.74, 6) is 0.889. The Labute approximate surface area is 89.4 Å². The maximum Gasteiger partial charge on any atom is 0.128 e. The van der Waals surface area contributed by atoms with Crippen molar-refractivity contribution in [2.45, 2.75) is 13.0 Å². The summed E-state index contributed by atoms with van der Waals surface area (Å²) in [6, 6.07) is 6.05. The van der Waals surface area contributed by atoms with E-state index >= 15 is 0 Å². The molecular weight excluding hydrogens is 188 g/mol. The van der Waals surface area contributed by atoms with Crippen LogP contribution in [0.3, 0.4) is 0 Å². The highest BCUT2D eigenvalue weighted by Gasteiger charge is 2.13. The van der Waals surface area contributed by atoms with Crippen molar-refractivity contribution in [1.29, 1.82) is 0 Å². The number of aryl methyl sites for hydroxylation is 1. The van der Waals surface area contributed by atoms with Gasteiger partial charge < -0.3 is 15.0 Å². The number of rotatable bonds is 2. The summed E-state index contributed by atoms with van der Waals surface area (Å²) in [7, 11) is 3.71. The van der Waals surface area contributed by atoms with Crippen LogP contribution in [0.5, 0.6) is 5.75 Å². The lowest BCUT2D eigenvalue weighted by atomic mass is 10.1. The van der Waals surface area contributed by atoms with Crippen LogP contribution in [0.1, 0.15) is 18.5 Å². The number of nitrogens with two attached hydrogens (primary N) is 1. The van der Waals surface area contributed by atoms with E-state index in [1.54, 1.807) is 7.11 Å². The van der Waals surface area contributed by atoms with Gasteiger partial charge in [0.15, 0.2) is 0 Å². The minimum absolute atomic E-state index is 0.0185. The molecule has 2 aromatic rings. The number of hydrogen-bond donors (Lipinski definition) is 1. The van der Waals surface area contributed by atoms with E-state index in [0.717, 1.165) is 22.2 Å². The zero-order valence-electron chi connectivity index (χ0n) is 9.32. The summed E-state index contributed by atoms with van der Waals surface area (Å²) < 4.78 is 7.44. The zero-order chi connectivity index (χ0) is 11.0. The van der Waals surface area contributed by atoms with Crippen LogP contribution in [0.25, 0.3) is 10.9 Å². The fourth-order valence-electron chi connectivity index (χ4n) is 1.96. The van der Waals surface area contributed by atoms with E-state index in [-0.39, 0.29) is 6.04 Å². The van der Waals surface area contributed by atoms with Gasteiger partial charge >= 0.3 is 0 Å². The highest BCUT2D eigenvalue weighted by atomic mass is 16.5. The number of nitrogens with zero attached hydrogens (tertiary/aromatic N) is 1. The van der Waals surface area contributed by atoms with E-state index in [1.165, 1.54) is 0 Å². The molecule has 0 spiro atoms. The molecule has 1 aromatic heterocycles. The Morgan fingerprint density at radius 1 is 1.40 bits per heavy atom. The molecule has 2 N–H and O–H groups in total. The predicted octanol–water partition coefficient (Wildman–Crippen LogP) is 2.21.